The predicted octanol–water partition coefficient (Wildman–Crippen LogP) is 7.65. The molecule has 3 fully saturated rings. The van der Waals surface area contributed by atoms with Crippen molar-refractivity contribution in [3.8, 4) is 0 Å². The molecule has 0 aromatic carbocycles. The zero-order valence-electron chi connectivity index (χ0n) is 18.7. The van der Waals surface area contributed by atoms with Crippen molar-refractivity contribution in [2.75, 3.05) is 0 Å². The van der Waals surface area contributed by atoms with Crippen molar-refractivity contribution < 1.29 is 57.8 Å². The minimum absolute atomic E-state index is 0.0342. The van der Waals surface area contributed by atoms with Crippen LogP contribution in [-0.2, 0) is 9.47 Å². The Morgan fingerprint density at radius 2 is 1.20 bits per heavy atom. The number of hydrogen-bond acceptors (Lipinski definition) is 2. The SMILES string of the molecule is FC1CC(OC(F)(F)C2CCC(C3CCCCC3)CC2F)CC(F)C1OC(F)(F)C(F)C(F)(F)F. The second-order valence-electron chi connectivity index (χ2n) is 9.95. The van der Waals surface area contributed by atoms with Gasteiger partial charge in [-0.15, -0.1) is 0 Å². The van der Waals surface area contributed by atoms with E-state index in [1.165, 1.54) is 0 Å². The molecule has 0 heterocycles. The average Bonchev–Trinajstić information content (AvgIpc) is 2.75. The first-order chi connectivity index (χ1) is 16.1. The molecular formula is C22H29F11O2. The highest BCUT2D eigenvalue weighted by molar-refractivity contribution is 4.93. The standard InChI is InChI=1S/C22H29F11O2/c23-15-8-12(11-4-2-1-3-5-11)6-7-14(15)21(30,31)34-13-9-16(24)18(17(25)10-13)35-22(32,33)19(26)20(27,28)29/h11-19H,1-10H2. The monoisotopic (exact) mass is 534 g/mol. The van der Waals surface area contributed by atoms with Crippen LogP contribution in [0.1, 0.15) is 64.2 Å². The Labute approximate surface area is 195 Å². The summed E-state index contributed by atoms with van der Waals surface area (Å²) in [4.78, 5) is 0. The fraction of sp³-hybridized carbons (Fsp3) is 1.00. The molecule has 0 saturated heterocycles. The molecule has 0 amide bonds. The molecule has 3 aliphatic rings. The van der Waals surface area contributed by atoms with Gasteiger partial charge in [0.25, 0.3) is 6.17 Å². The van der Waals surface area contributed by atoms with Crippen molar-refractivity contribution in [1.82, 2.24) is 0 Å². The highest BCUT2D eigenvalue weighted by Gasteiger charge is 2.61. The maximum atomic E-state index is 14.7. The van der Waals surface area contributed by atoms with Gasteiger partial charge in [0.15, 0.2) is 0 Å². The highest BCUT2D eigenvalue weighted by Crippen LogP contribution is 2.47. The van der Waals surface area contributed by atoms with Gasteiger partial charge in [-0.2, -0.15) is 30.7 Å². The maximum absolute atomic E-state index is 14.7. The van der Waals surface area contributed by atoms with Gasteiger partial charge in [0.1, 0.15) is 24.6 Å². The van der Waals surface area contributed by atoms with Crippen molar-refractivity contribution in [3.63, 3.8) is 0 Å². The van der Waals surface area contributed by atoms with Crippen molar-refractivity contribution in [2.45, 2.75) is 119 Å². The summed E-state index contributed by atoms with van der Waals surface area (Å²) in [5, 5.41) is 0. The largest absolute Gasteiger partial charge is 0.428 e. The van der Waals surface area contributed by atoms with Crippen molar-refractivity contribution in [1.29, 1.82) is 0 Å². The van der Waals surface area contributed by atoms with Crippen LogP contribution in [0.3, 0.4) is 0 Å². The van der Waals surface area contributed by atoms with Gasteiger partial charge in [-0.05, 0) is 31.1 Å². The minimum Gasteiger partial charge on any atom is -0.317 e. The molecule has 0 aliphatic heterocycles. The van der Waals surface area contributed by atoms with Gasteiger partial charge in [0, 0.05) is 12.8 Å². The topological polar surface area (TPSA) is 18.5 Å². The Hall–Kier alpha value is -0.850. The number of rotatable bonds is 7. The molecule has 0 radical (unpaired) electrons. The molecule has 0 bridgehead atoms. The molecule has 2 nitrogen and oxygen atoms in total. The van der Waals surface area contributed by atoms with Gasteiger partial charge in [-0.1, -0.05) is 32.1 Å². The van der Waals surface area contributed by atoms with Crippen LogP contribution in [0.25, 0.3) is 0 Å². The first-order valence-corrected chi connectivity index (χ1v) is 11.9. The summed E-state index contributed by atoms with van der Waals surface area (Å²) < 4.78 is 157. The predicted molar refractivity (Wildman–Crippen MR) is 102 cm³/mol. The summed E-state index contributed by atoms with van der Waals surface area (Å²) >= 11 is 0. The van der Waals surface area contributed by atoms with E-state index in [9.17, 15) is 48.3 Å². The third kappa shape index (κ3) is 6.93. The molecule has 6 atom stereocenters. The lowest BCUT2D eigenvalue weighted by molar-refractivity contribution is -0.365. The van der Waals surface area contributed by atoms with Crippen LogP contribution >= 0.6 is 0 Å². The van der Waals surface area contributed by atoms with E-state index in [0.29, 0.717) is 6.42 Å². The van der Waals surface area contributed by atoms with Gasteiger partial charge < -0.3 is 9.47 Å². The fourth-order valence-electron chi connectivity index (χ4n) is 5.64. The van der Waals surface area contributed by atoms with Crippen molar-refractivity contribution in [2.24, 2.45) is 17.8 Å². The Morgan fingerprint density at radius 3 is 1.71 bits per heavy atom. The van der Waals surface area contributed by atoms with E-state index in [1.54, 1.807) is 0 Å². The zero-order chi connectivity index (χ0) is 26.2. The number of hydrogen-bond donors (Lipinski definition) is 0. The first kappa shape index (κ1) is 28.7. The normalized spacial score (nSPS) is 37.3. The molecule has 35 heavy (non-hydrogen) atoms. The summed E-state index contributed by atoms with van der Waals surface area (Å²) in [6, 6.07) is 0. The van der Waals surface area contributed by atoms with Crippen LogP contribution in [0.2, 0.25) is 0 Å². The van der Waals surface area contributed by atoms with Gasteiger partial charge in [0.05, 0.1) is 12.0 Å². The molecular weight excluding hydrogens is 505 g/mol. The average molecular weight is 534 g/mol. The van der Waals surface area contributed by atoms with Crippen LogP contribution in [0.4, 0.5) is 48.3 Å². The Balaban J connectivity index is 1.56. The molecule has 0 spiro atoms. The highest BCUT2D eigenvalue weighted by atomic mass is 19.4. The van der Waals surface area contributed by atoms with Gasteiger partial charge in [-0.25, -0.2) is 17.6 Å². The molecule has 3 saturated carbocycles. The van der Waals surface area contributed by atoms with E-state index in [4.69, 9.17) is 0 Å². The summed E-state index contributed by atoms with van der Waals surface area (Å²) in [5.41, 5.74) is 0. The fourth-order valence-corrected chi connectivity index (χ4v) is 5.64. The Morgan fingerprint density at radius 1 is 0.629 bits per heavy atom. The second-order valence-corrected chi connectivity index (χ2v) is 9.95. The third-order valence-corrected chi connectivity index (χ3v) is 7.45. The van der Waals surface area contributed by atoms with E-state index in [-0.39, 0.29) is 24.7 Å². The smallest absolute Gasteiger partial charge is 0.317 e. The van der Waals surface area contributed by atoms with E-state index >= 15 is 0 Å². The Bertz CT molecular complexity index is 671. The molecule has 3 aliphatic carbocycles. The molecule has 3 rings (SSSR count). The summed E-state index contributed by atoms with van der Waals surface area (Å²) in [6.45, 7) is 0. The zero-order valence-corrected chi connectivity index (χ0v) is 18.7. The van der Waals surface area contributed by atoms with Gasteiger partial charge >= 0.3 is 18.4 Å². The quantitative estimate of drug-likeness (QED) is 0.313. The van der Waals surface area contributed by atoms with Gasteiger partial charge in [-0.3, -0.25) is 0 Å². The lowest BCUT2D eigenvalue weighted by Gasteiger charge is -2.42. The van der Waals surface area contributed by atoms with E-state index in [0.717, 1.165) is 32.1 Å². The van der Waals surface area contributed by atoms with Crippen molar-refractivity contribution in [3.05, 3.63) is 0 Å². The lowest BCUT2D eigenvalue weighted by atomic mass is 9.70. The summed E-state index contributed by atoms with van der Waals surface area (Å²) in [5.74, 6) is -1.62. The van der Waals surface area contributed by atoms with Crippen LogP contribution in [-0.4, -0.2) is 55.3 Å². The second kappa shape index (κ2) is 10.9. The lowest BCUT2D eigenvalue weighted by Crippen LogP contribution is -2.53. The molecule has 0 aromatic rings. The number of halogens is 11. The van der Waals surface area contributed by atoms with Crippen LogP contribution < -0.4 is 0 Å². The van der Waals surface area contributed by atoms with E-state index in [2.05, 4.69) is 9.47 Å². The van der Waals surface area contributed by atoms with E-state index in [1.807, 2.05) is 0 Å². The van der Waals surface area contributed by atoms with Crippen LogP contribution in [0.15, 0.2) is 0 Å². The van der Waals surface area contributed by atoms with Gasteiger partial charge in [0.2, 0.25) is 0 Å². The Kier molecular flexibility index (Phi) is 8.92. The minimum atomic E-state index is -6.05. The van der Waals surface area contributed by atoms with E-state index < -0.39 is 74.0 Å². The molecule has 6 unspecified atom stereocenters. The molecule has 0 aromatic heterocycles. The first-order valence-electron chi connectivity index (χ1n) is 11.9. The third-order valence-electron chi connectivity index (χ3n) is 7.45. The molecule has 13 heteroatoms. The summed E-state index contributed by atoms with van der Waals surface area (Å²) in [7, 11) is 0. The maximum Gasteiger partial charge on any atom is 0.428 e. The number of ether oxygens (including phenoxy) is 2. The number of alkyl halides is 11. The molecule has 206 valence electrons. The van der Waals surface area contributed by atoms with Crippen molar-refractivity contribution >= 4 is 0 Å². The van der Waals surface area contributed by atoms with Crippen LogP contribution in [0, 0.1) is 17.8 Å². The van der Waals surface area contributed by atoms with Crippen LogP contribution in [0.5, 0.6) is 0 Å². The molecule has 0 N–H and O–H groups in total. The summed E-state index contributed by atoms with van der Waals surface area (Å²) in [6.07, 6.45) is -30.0.